The Kier molecular flexibility index (Phi) is 1.46. The van der Waals surface area contributed by atoms with Crippen LogP contribution in [0.4, 0.5) is 0 Å². The van der Waals surface area contributed by atoms with Crippen molar-refractivity contribution in [1.82, 2.24) is 5.32 Å². The van der Waals surface area contributed by atoms with Crippen LogP contribution in [0.25, 0.3) is 0 Å². The highest BCUT2D eigenvalue weighted by atomic mass is 16.5. The van der Waals surface area contributed by atoms with Crippen molar-refractivity contribution in [2.24, 2.45) is 5.41 Å². The first-order valence-corrected chi connectivity index (χ1v) is 4.12. The summed E-state index contributed by atoms with van der Waals surface area (Å²) in [6.07, 6.45) is 3.95. The Balaban J connectivity index is 2.01. The van der Waals surface area contributed by atoms with Gasteiger partial charge in [0, 0.05) is 18.1 Å². The minimum atomic E-state index is 0.562. The van der Waals surface area contributed by atoms with Gasteiger partial charge in [-0.25, -0.2) is 0 Å². The van der Waals surface area contributed by atoms with Gasteiger partial charge in [-0.2, -0.15) is 0 Å². The zero-order chi connectivity index (χ0) is 7.03. The normalized spacial score (nSPS) is 36.3. The first-order chi connectivity index (χ1) is 4.87. The molecule has 1 saturated heterocycles. The summed E-state index contributed by atoms with van der Waals surface area (Å²) in [5, 5.41) is 3.38. The van der Waals surface area contributed by atoms with Gasteiger partial charge in [0.15, 0.2) is 0 Å². The Hall–Kier alpha value is -0.0800. The molecule has 1 heterocycles. The molecule has 1 saturated carbocycles. The second-order valence-corrected chi connectivity index (χ2v) is 3.54. The maximum atomic E-state index is 5.44. The Morgan fingerprint density at radius 3 is 2.80 bits per heavy atom. The van der Waals surface area contributed by atoms with E-state index >= 15 is 0 Å². The van der Waals surface area contributed by atoms with E-state index in [1.807, 2.05) is 0 Å². The third-order valence-corrected chi connectivity index (χ3v) is 2.92. The monoisotopic (exact) mass is 141 g/mol. The topological polar surface area (TPSA) is 21.3 Å². The van der Waals surface area contributed by atoms with Crippen LogP contribution >= 0.6 is 0 Å². The molecule has 1 aliphatic carbocycles. The van der Waals surface area contributed by atoms with Crippen LogP contribution in [-0.2, 0) is 4.74 Å². The molecule has 0 bridgehead atoms. The van der Waals surface area contributed by atoms with E-state index in [1.54, 1.807) is 0 Å². The summed E-state index contributed by atoms with van der Waals surface area (Å²) < 4.78 is 5.44. The van der Waals surface area contributed by atoms with Gasteiger partial charge in [0.2, 0.25) is 0 Å². The quantitative estimate of drug-likeness (QED) is 0.582. The van der Waals surface area contributed by atoms with Gasteiger partial charge in [0.1, 0.15) is 0 Å². The fraction of sp³-hybridized carbons (Fsp3) is 1.00. The van der Waals surface area contributed by atoms with Crippen LogP contribution in [0.3, 0.4) is 0 Å². The van der Waals surface area contributed by atoms with E-state index < -0.39 is 0 Å². The van der Waals surface area contributed by atoms with Gasteiger partial charge in [-0.05, 0) is 26.3 Å². The zero-order valence-corrected chi connectivity index (χ0v) is 6.52. The molecule has 1 unspecified atom stereocenters. The molecule has 0 radical (unpaired) electrons. The second-order valence-electron chi connectivity index (χ2n) is 3.54. The highest BCUT2D eigenvalue weighted by Crippen LogP contribution is 2.51. The summed E-state index contributed by atoms with van der Waals surface area (Å²) in [6.45, 7) is 1.95. The number of rotatable bonds is 1. The van der Waals surface area contributed by atoms with Crippen molar-refractivity contribution in [2.45, 2.75) is 25.3 Å². The predicted molar refractivity (Wildman–Crippen MR) is 40.0 cm³/mol. The molecule has 2 heteroatoms. The number of ether oxygens (including phenoxy) is 1. The first kappa shape index (κ1) is 6.62. The lowest BCUT2D eigenvalue weighted by molar-refractivity contribution is 0.0217. The standard InChI is InChI=1S/C8H15NO/c1-9-7-2-5-10-6-8(7)3-4-8/h7,9H,2-6H2,1H3. The Morgan fingerprint density at radius 1 is 1.50 bits per heavy atom. The van der Waals surface area contributed by atoms with Crippen LogP contribution in [0, 0.1) is 5.41 Å². The van der Waals surface area contributed by atoms with Gasteiger partial charge >= 0.3 is 0 Å². The third-order valence-electron chi connectivity index (χ3n) is 2.92. The van der Waals surface area contributed by atoms with Crippen molar-refractivity contribution in [3.05, 3.63) is 0 Å². The molecule has 1 N–H and O–H groups in total. The molecule has 1 atom stereocenters. The molecular formula is C8H15NO. The van der Waals surface area contributed by atoms with E-state index in [4.69, 9.17) is 4.74 Å². The van der Waals surface area contributed by atoms with Crippen molar-refractivity contribution >= 4 is 0 Å². The number of hydrogen-bond donors (Lipinski definition) is 1. The summed E-state index contributed by atoms with van der Waals surface area (Å²) >= 11 is 0. The lowest BCUT2D eigenvalue weighted by Crippen LogP contribution is -2.42. The second kappa shape index (κ2) is 2.21. The lowest BCUT2D eigenvalue weighted by atomic mass is 9.93. The molecule has 1 spiro atoms. The van der Waals surface area contributed by atoms with Crippen LogP contribution in [0.5, 0.6) is 0 Å². The Morgan fingerprint density at radius 2 is 2.30 bits per heavy atom. The van der Waals surface area contributed by atoms with E-state index in [-0.39, 0.29) is 0 Å². The van der Waals surface area contributed by atoms with Crippen LogP contribution in [0.2, 0.25) is 0 Å². The summed E-state index contributed by atoms with van der Waals surface area (Å²) in [6, 6.07) is 0.737. The molecule has 58 valence electrons. The van der Waals surface area contributed by atoms with Gasteiger partial charge < -0.3 is 10.1 Å². The van der Waals surface area contributed by atoms with E-state index in [0.717, 1.165) is 19.3 Å². The largest absolute Gasteiger partial charge is 0.381 e. The van der Waals surface area contributed by atoms with E-state index in [2.05, 4.69) is 12.4 Å². The molecule has 0 aromatic heterocycles. The molecular weight excluding hydrogens is 126 g/mol. The zero-order valence-electron chi connectivity index (χ0n) is 6.52. The molecule has 0 amide bonds. The fourth-order valence-corrected chi connectivity index (χ4v) is 1.99. The van der Waals surface area contributed by atoms with Crippen LogP contribution < -0.4 is 5.32 Å². The molecule has 2 nitrogen and oxygen atoms in total. The van der Waals surface area contributed by atoms with Gasteiger partial charge in [-0.1, -0.05) is 0 Å². The van der Waals surface area contributed by atoms with Crippen LogP contribution in [0.1, 0.15) is 19.3 Å². The van der Waals surface area contributed by atoms with Gasteiger partial charge in [-0.3, -0.25) is 0 Å². The van der Waals surface area contributed by atoms with Gasteiger partial charge in [0.25, 0.3) is 0 Å². The number of nitrogens with one attached hydrogen (secondary N) is 1. The molecule has 1 aliphatic heterocycles. The SMILES string of the molecule is CNC1CCOCC12CC2. The molecule has 0 aromatic rings. The predicted octanol–water partition coefficient (Wildman–Crippen LogP) is 0.775. The smallest absolute Gasteiger partial charge is 0.0537 e. The highest BCUT2D eigenvalue weighted by molar-refractivity contribution is 5.03. The van der Waals surface area contributed by atoms with E-state index in [1.165, 1.54) is 19.3 Å². The Labute approximate surface area is 61.9 Å². The molecule has 2 rings (SSSR count). The highest BCUT2D eigenvalue weighted by Gasteiger charge is 2.50. The molecule has 2 fully saturated rings. The average Bonchev–Trinajstić information content (AvgIpc) is 2.71. The van der Waals surface area contributed by atoms with E-state index in [0.29, 0.717) is 5.41 Å². The van der Waals surface area contributed by atoms with Gasteiger partial charge in [-0.15, -0.1) is 0 Å². The lowest BCUT2D eigenvalue weighted by Gasteiger charge is -2.31. The van der Waals surface area contributed by atoms with Crippen molar-refractivity contribution in [3.8, 4) is 0 Å². The summed E-state index contributed by atoms with van der Waals surface area (Å²) in [7, 11) is 2.07. The summed E-state index contributed by atoms with van der Waals surface area (Å²) in [4.78, 5) is 0. The van der Waals surface area contributed by atoms with Crippen molar-refractivity contribution in [3.63, 3.8) is 0 Å². The minimum Gasteiger partial charge on any atom is -0.381 e. The van der Waals surface area contributed by atoms with E-state index in [9.17, 15) is 0 Å². The van der Waals surface area contributed by atoms with Crippen molar-refractivity contribution < 1.29 is 4.74 Å². The van der Waals surface area contributed by atoms with Crippen molar-refractivity contribution in [1.29, 1.82) is 0 Å². The summed E-state index contributed by atoms with van der Waals surface area (Å²) in [5.74, 6) is 0. The molecule has 2 aliphatic rings. The first-order valence-electron chi connectivity index (χ1n) is 4.12. The average molecular weight is 141 g/mol. The minimum absolute atomic E-state index is 0.562. The van der Waals surface area contributed by atoms with Gasteiger partial charge in [0.05, 0.1) is 6.61 Å². The third kappa shape index (κ3) is 0.867. The summed E-state index contributed by atoms with van der Waals surface area (Å²) in [5.41, 5.74) is 0.562. The fourth-order valence-electron chi connectivity index (χ4n) is 1.99. The number of hydrogen-bond acceptors (Lipinski definition) is 2. The van der Waals surface area contributed by atoms with Crippen LogP contribution in [-0.4, -0.2) is 26.3 Å². The van der Waals surface area contributed by atoms with Crippen molar-refractivity contribution in [2.75, 3.05) is 20.3 Å². The Bertz CT molecular complexity index is 131. The molecule has 10 heavy (non-hydrogen) atoms. The van der Waals surface area contributed by atoms with Crippen LogP contribution in [0.15, 0.2) is 0 Å². The maximum absolute atomic E-state index is 5.44. The maximum Gasteiger partial charge on any atom is 0.0537 e. The molecule has 0 aromatic carbocycles.